The van der Waals surface area contributed by atoms with Crippen molar-refractivity contribution in [1.82, 2.24) is 19.7 Å². The molecule has 3 rings (SSSR count). The van der Waals surface area contributed by atoms with Gasteiger partial charge in [0.15, 0.2) is 5.82 Å². The largest absolute Gasteiger partial charge is 0.350 e. The molecule has 5 nitrogen and oxygen atoms in total. The van der Waals surface area contributed by atoms with E-state index in [0.29, 0.717) is 12.5 Å². The van der Waals surface area contributed by atoms with Crippen LogP contribution in [0.1, 0.15) is 17.0 Å². The molecule has 0 bridgehead atoms. The summed E-state index contributed by atoms with van der Waals surface area (Å²) in [6, 6.07) is 14.1. The number of benzene rings is 1. The van der Waals surface area contributed by atoms with E-state index >= 15 is 0 Å². The van der Waals surface area contributed by atoms with E-state index in [9.17, 15) is 0 Å². The van der Waals surface area contributed by atoms with E-state index < -0.39 is 0 Å². The van der Waals surface area contributed by atoms with Gasteiger partial charge in [0.1, 0.15) is 0 Å². The topological polar surface area (TPSA) is 55.6 Å². The summed E-state index contributed by atoms with van der Waals surface area (Å²) in [5, 5.41) is 7.67. The normalized spacial score (nSPS) is 10.6. The third-order valence-corrected chi connectivity index (χ3v) is 3.16. The van der Waals surface area contributed by atoms with Crippen molar-refractivity contribution in [1.29, 1.82) is 0 Å². The Kier molecular flexibility index (Phi) is 3.64. The van der Waals surface area contributed by atoms with E-state index in [-0.39, 0.29) is 0 Å². The summed E-state index contributed by atoms with van der Waals surface area (Å²) in [5.41, 5.74) is 3.22. The molecule has 3 aromatic rings. The Morgan fingerprint density at radius 1 is 1.10 bits per heavy atom. The van der Waals surface area contributed by atoms with E-state index in [4.69, 9.17) is 0 Å². The maximum absolute atomic E-state index is 4.51. The smallest absolute Gasteiger partial charge is 0.224 e. The second-order valence-corrected chi connectivity index (χ2v) is 4.92. The maximum Gasteiger partial charge on any atom is 0.224 e. The zero-order valence-corrected chi connectivity index (χ0v) is 12.1. The van der Waals surface area contributed by atoms with Gasteiger partial charge >= 0.3 is 0 Å². The van der Waals surface area contributed by atoms with Crippen molar-refractivity contribution in [3.63, 3.8) is 0 Å². The van der Waals surface area contributed by atoms with Gasteiger partial charge in [-0.15, -0.1) is 0 Å². The average molecular weight is 279 g/mol. The van der Waals surface area contributed by atoms with E-state index in [1.165, 1.54) is 5.56 Å². The molecular formula is C16H17N5. The molecule has 0 spiro atoms. The molecule has 1 aromatic carbocycles. The highest BCUT2D eigenvalue weighted by Gasteiger charge is 2.06. The fourth-order valence-electron chi connectivity index (χ4n) is 2.19. The second-order valence-electron chi connectivity index (χ2n) is 4.92. The zero-order chi connectivity index (χ0) is 14.7. The predicted molar refractivity (Wildman–Crippen MR) is 82.4 cm³/mol. The van der Waals surface area contributed by atoms with Crippen molar-refractivity contribution in [2.24, 2.45) is 0 Å². The van der Waals surface area contributed by atoms with Gasteiger partial charge in [0.2, 0.25) is 5.95 Å². The van der Waals surface area contributed by atoms with Crippen LogP contribution in [0.5, 0.6) is 0 Å². The lowest BCUT2D eigenvalue weighted by atomic mass is 10.2. The third-order valence-electron chi connectivity index (χ3n) is 3.16. The highest BCUT2D eigenvalue weighted by atomic mass is 15.3. The Balaban J connectivity index is 1.79. The first kappa shape index (κ1) is 13.3. The first-order valence-corrected chi connectivity index (χ1v) is 6.87. The van der Waals surface area contributed by atoms with E-state index in [0.717, 1.165) is 17.2 Å². The summed E-state index contributed by atoms with van der Waals surface area (Å²) in [4.78, 5) is 8.76. The number of hydrogen-bond acceptors (Lipinski definition) is 4. The zero-order valence-electron chi connectivity index (χ0n) is 12.1. The molecule has 0 saturated carbocycles. The van der Waals surface area contributed by atoms with Gasteiger partial charge in [0.25, 0.3) is 0 Å². The van der Waals surface area contributed by atoms with Crippen LogP contribution in [-0.2, 0) is 6.54 Å². The molecule has 2 aromatic heterocycles. The van der Waals surface area contributed by atoms with Crippen LogP contribution in [0.3, 0.4) is 0 Å². The van der Waals surface area contributed by atoms with Crippen LogP contribution in [0.4, 0.5) is 5.95 Å². The summed E-state index contributed by atoms with van der Waals surface area (Å²) >= 11 is 0. The summed E-state index contributed by atoms with van der Waals surface area (Å²) in [5.74, 6) is 1.37. The average Bonchev–Trinajstić information content (AvgIpc) is 2.85. The Morgan fingerprint density at radius 2 is 1.90 bits per heavy atom. The van der Waals surface area contributed by atoms with Crippen LogP contribution in [-0.4, -0.2) is 19.7 Å². The number of anilines is 1. The lowest BCUT2D eigenvalue weighted by Crippen LogP contribution is -2.07. The lowest BCUT2D eigenvalue weighted by Gasteiger charge is -2.07. The van der Waals surface area contributed by atoms with E-state index in [2.05, 4.69) is 32.5 Å². The van der Waals surface area contributed by atoms with Crippen LogP contribution in [0.2, 0.25) is 0 Å². The Bertz CT molecular complexity index is 733. The Hall–Kier alpha value is -2.69. The highest BCUT2D eigenvalue weighted by molar-refractivity contribution is 5.34. The molecule has 1 N–H and O–H groups in total. The van der Waals surface area contributed by atoms with Crippen molar-refractivity contribution in [2.45, 2.75) is 20.4 Å². The van der Waals surface area contributed by atoms with Crippen LogP contribution in [0.15, 0.2) is 48.7 Å². The molecule has 5 heteroatoms. The molecule has 0 atom stereocenters. The van der Waals surface area contributed by atoms with E-state index in [1.807, 2.05) is 48.9 Å². The quantitative estimate of drug-likeness (QED) is 0.798. The van der Waals surface area contributed by atoms with E-state index in [1.54, 1.807) is 6.20 Å². The molecule has 106 valence electrons. The van der Waals surface area contributed by atoms with Crippen molar-refractivity contribution in [2.75, 3.05) is 5.32 Å². The van der Waals surface area contributed by atoms with Gasteiger partial charge in [-0.3, -0.25) is 0 Å². The molecular weight excluding hydrogens is 262 g/mol. The third kappa shape index (κ3) is 3.08. The van der Waals surface area contributed by atoms with Crippen LogP contribution < -0.4 is 5.32 Å². The minimum atomic E-state index is 0.601. The molecule has 0 aliphatic carbocycles. The molecule has 0 unspecified atom stereocenters. The highest BCUT2D eigenvalue weighted by Crippen LogP contribution is 2.11. The van der Waals surface area contributed by atoms with Gasteiger partial charge < -0.3 is 5.32 Å². The number of aryl methyl sites for hydroxylation is 2. The number of hydrogen-bond donors (Lipinski definition) is 1. The molecule has 0 aliphatic rings. The predicted octanol–water partition coefficient (Wildman–Crippen LogP) is 2.89. The molecule has 0 saturated heterocycles. The standard InChI is InChI=1S/C16H17N5/c1-12-10-13(2)21(20-12)15-8-9-17-16(19-15)18-11-14-6-4-3-5-7-14/h3-10H,11H2,1-2H3,(H,17,18,19). The van der Waals surface area contributed by atoms with Crippen LogP contribution in [0.25, 0.3) is 5.82 Å². The number of nitrogens with zero attached hydrogens (tertiary/aromatic N) is 4. The van der Waals surface area contributed by atoms with Crippen molar-refractivity contribution >= 4 is 5.95 Å². The number of nitrogens with one attached hydrogen (secondary N) is 1. The van der Waals surface area contributed by atoms with Crippen molar-refractivity contribution in [3.05, 3.63) is 65.6 Å². The van der Waals surface area contributed by atoms with Gasteiger partial charge in [-0.2, -0.15) is 10.1 Å². The maximum atomic E-state index is 4.51. The van der Waals surface area contributed by atoms with Gasteiger partial charge in [-0.05, 0) is 25.5 Å². The monoisotopic (exact) mass is 279 g/mol. The van der Waals surface area contributed by atoms with Crippen molar-refractivity contribution in [3.8, 4) is 5.82 Å². The lowest BCUT2D eigenvalue weighted by molar-refractivity contribution is 0.800. The summed E-state index contributed by atoms with van der Waals surface area (Å²) in [6.07, 6.45) is 1.74. The molecule has 0 amide bonds. The summed E-state index contributed by atoms with van der Waals surface area (Å²) in [7, 11) is 0. The van der Waals surface area contributed by atoms with Crippen molar-refractivity contribution < 1.29 is 0 Å². The van der Waals surface area contributed by atoms with Gasteiger partial charge in [-0.1, -0.05) is 30.3 Å². The minimum absolute atomic E-state index is 0.601. The Morgan fingerprint density at radius 3 is 2.62 bits per heavy atom. The first-order chi connectivity index (χ1) is 10.2. The van der Waals surface area contributed by atoms with Crippen LogP contribution >= 0.6 is 0 Å². The Labute approximate surface area is 123 Å². The minimum Gasteiger partial charge on any atom is -0.350 e. The number of aromatic nitrogens is 4. The molecule has 21 heavy (non-hydrogen) atoms. The summed E-state index contributed by atoms with van der Waals surface area (Å²) < 4.78 is 1.82. The van der Waals surface area contributed by atoms with Gasteiger partial charge in [-0.25, -0.2) is 9.67 Å². The van der Waals surface area contributed by atoms with Crippen LogP contribution in [0, 0.1) is 13.8 Å². The molecule has 0 aliphatic heterocycles. The molecule has 0 radical (unpaired) electrons. The molecule has 2 heterocycles. The fraction of sp³-hybridized carbons (Fsp3) is 0.188. The number of rotatable bonds is 4. The molecule has 0 fully saturated rings. The summed E-state index contributed by atoms with van der Waals surface area (Å²) in [6.45, 7) is 4.68. The van der Waals surface area contributed by atoms with Gasteiger partial charge in [0, 0.05) is 24.5 Å². The first-order valence-electron chi connectivity index (χ1n) is 6.87. The SMILES string of the molecule is Cc1cc(C)n(-c2ccnc(NCc3ccccc3)n2)n1. The second kappa shape index (κ2) is 5.75. The fourth-order valence-corrected chi connectivity index (χ4v) is 2.19. The van der Waals surface area contributed by atoms with Gasteiger partial charge in [0.05, 0.1) is 5.69 Å².